The van der Waals surface area contributed by atoms with Crippen LogP contribution in [0.25, 0.3) is 10.8 Å². The Kier molecular flexibility index (Phi) is 3.40. The number of hydrogen-bond acceptors (Lipinski definition) is 3. The molecule has 0 saturated heterocycles. The maximum atomic E-state index is 14.4. The van der Waals surface area contributed by atoms with Crippen molar-refractivity contribution in [2.75, 3.05) is 0 Å². The van der Waals surface area contributed by atoms with Crippen molar-refractivity contribution < 1.29 is 13.5 Å². The highest BCUT2D eigenvalue weighted by atomic mass is 19.1. The Morgan fingerprint density at radius 3 is 2.40 bits per heavy atom. The molecule has 25 heavy (non-hydrogen) atoms. The van der Waals surface area contributed by atoms with Crippen LogP contribution in [0.1, 0.15) is 17.0 Å². The maximum Gasteiger partial charge on any atom is 0.205 e. The molecule has 1 aliphatic heterocycles. The van der Waals surface area contributed by atoms with E-state index in [1.165, 1.54) is 18.2 Å². The largest absolute Gasteiger partial charge is 0.440 e. The number of ether oxygens (including phenoxy) is 1. The van der Waals surface area contributed by atoms with Gasteiger partial charge in [0.25, 0.3) is 0 Å². The molecule has 3 aromatic rings. The summed E-state index contributed by atoms with van der Waals surface area (Å²) < 4.78 is 34.5. The van der Waals surface area contributed by atoms with E-state index in [0.717, 1.165) is 10.8 Å². The van der Waals surface area contributed by atoms with Crippen molar-refractivity contribution >= 4 is 10.8 Å². The Bertz CT molecular complexity index is 1060. The van der Waals surface area contributed by atoms with Crippen LogP contribution < -0.4 is 10.5 Å². The molecule has 0 saturated carbocycles. The molecule has 3 aromatic carbocycles. The average Bonchev–Trinajstić information content (AvgIpc) is 2.61. The minimum atomic E-state index is -0.959. The van der Waals surface area contributed by atoms with E-state index < -0.39 is 17.6 Å². The SMILES string of the molecule is N#CC1=C(N)Oc2c(ccc3ccccc23)C1c1c(F)cccc1F. The van der Waals surface area contributed by atoms with Crippen LogP contribution in [0.5, 0.6) is 5.75 Å². The lowest BCUT2D eigenvalue weighted by molar-refractivity contribution is 0.395. The van der Waals surface area contributed by atoms with Gasteiger partial charge in [-0.2, -0.15) is 5.26 Å². The lowest BCUT2D eigenvalue weighted by Crippen LogP contribution is -2.22. The normalized spacial score (nSPS) is 16.3. The molecule has 0 radical (unpaired) electrons. The molecule has 1 heterocycles. The molecule has 1 aliphatic rings. The molecule has 122 valence electrons. The second-order valence-electron chi connectivity index (χ2n) is 5.77. The topological polar surface area (TPSA) is 59.0 Å². The highest BCUT2D eigenvalue weighted by Gasteiger charge is 2.35. The van der Waals surface area contributed by atoms with E-state index in [1.54, 1.807) is 6.07 Å². The fourth-order valence-corrected chi connectivity index (χ4v) is 3.27. The third kappa shape index (κ3) is 2.23. The third-order valence-electron chi connectivity index (χ3n) is 4.40. The van der Waals surface area contributed by atoms with Crippen LogP contribution in [0, 0.1) is 23.0 Å². The number of nitrogens with zero attached hydrogens (tertiary/aromatic N) is 1. The van der Waals surface area contributed by atoms with Crippen molar-refractivity contribution in [1.82, 2.24) is 0 Å². The van der Waals surface area contributed by atoms with Crippen LogP contribution in [-0.2, 0) is 0 Å². The Balaban J connectivity index is 2.07. The quantitative estimate of drug-likeness (QED) is 0.720. The number of allylic oxidation sites excluding steroid dienone is 1. The van der Waals surface area contributed by atoms with E-state index in [9.17, 15) is 14.0 Å². The predicted molar refractivity (Wildman–Crippen MR) is 89.6 cm³/mol. The van der Waals surface area contributed by atoms with Crippen LogP contribution in [0.4, 0.5) is 8.78 Å². The van der Waals surface area contributed by atoms with Crippen molar-refractivity contribution in [3.63, 3.8) is 0 Å². The standard InChI is InChI=1S/C20H12F2N2O/c21-15-6-3-7-16(22)18(15)17-13-9-8-11-4-1-2-5-12(11)19(13)25-20(24)14(17)10-23/h1-9,17H,24H2. The minimum Gasteiger partial charge on any atom is -0.440 e. The summed E-state index contributed by atoms with van der Waals surface area (Å²) in [6.07, 6.45) is 0. The monoisotopic (exact) mass is 334 g/mol. The van der Waals surface area contributed by atoms with Crippen molar-refractivity contribution in [2.24, 2.45) is 5.73 Å². The molecule has 1 unspecified atom stereocenters. The fraction of sp³-hybridized carbons (Fsp3) is 0.0500. The molecule has 0 aliphatic carbocycles. The molecular weight excluding hydrogens is 322 g/mol. The predicted octanol–water partition coefficient (Wildman–Crippen LogP) is 4.34. The zero-order valence-electron chi connectivity index (χ0n) is 13.0. The van der Waals surface area contributed by atoms with Gasteiger partial charge in [-0.1, -0.05) is 42.5 Å². The number of nitrogens with two attached hydrogens (primary N) is 1. The van der Waals surface area contributed by atoms with Crippen molar-refractivity contribution in [3.05, 3.63) is 88.8 Å². The molecule has 3 nitrogen and oxygen atoms in total. The first-order valence-electron chi connectivity index (χ1n) is 7.65. The van der Waals surface area contributed by atoms with Gasteiger partial charge < -0.3 is 10.5 Å². The van der Waals surface area contributed by atoms with E-state index in [4.69, 9.17) is 10.5 Å². The Morgan fingerprint density at radius 1 is 0.960 bits per heavy atom. The van der Waals surface area contributed by atoms with E-state index >= 15 is 0 Å². The van der Waals surface area contributed by atoms with Crippen molar-refractivity contribution in [3.8, 4) is 11.8 Å². The van der Waals surface area contributed by atoms with Crippen LogP contribution >= 0.6 is 0 Å². The molecule has 1 atom stereocenters. The first kappa shape index (κ1) is 15.2. The van der Waals surface area contributed by atoms with Crippen LogP contribution in [0.3, 0.4) is 0 Å². The van der Waals surface area contributed by atoms with Gasteiger partial charge >= 0.3 is 0 Å². The van der Waals surface area contributed by atoms with Crippen LogP contribution in [-0.4, -0.2) is 0 Å². The maximum absolute atomic E-state index is 14.4. The summed E-state index contributed by atoms with van der Waals surface area (Å²) in [7, 11) is 0. The van der Waals surface area contributed by atoms with Gasteiger partial charge in [-0.05, 0) is 17.5 Å². The van der Waals surface area contributed by atoms with Gasteiger partial charge in [0.15, 0.2) is 0 Å². The van der Waals surface area contributed by atoms with E-state index in [1.807, 2.05) is 36.4 Å². The molecule has 0 aromatic heterocycles. The van der Waals surface area contributed by atoms with Gasteiger partial charge in [0.2, 0.25) is 5.88 Å². The molecule has 0 fully saturated rings. The number of benzene rings is 3. The second-order valence-corrected chi connectivity index (χ2v) is 5.77. The van der Waals surface area contributed by atoms with E-state index in [-0.39, 0.29) is 17.0 Å². The van der Waals surface area contributed by atoms with Gasteiger partial charge in [0.1, 0.15) is 29.0 Å². The summed E-state index contributed by atoms with van der Waals surface area (Å²) in [6, 6.07) is 16.6. The smallest absolute Gasteiger partial charge is 0.205 e. The molecule has 4 rings (SSSR count). The second kappa shape index (κ2) is 5.60. The fourth-order valence-electron chi connectivity index (χ4n) is 3.27. The summed E-state index contributed by atoms with van der Waals surface area (Å²) in [5.41, 5.74) is 6.21. The van der Waals surface area contributed by atoms with Gasteiger partial charge in [-0.15, -0.1) is 0 Å². The highest BCUT2D eigenvalue weighted by molar-refractivity contribution is 5.90. The first-order chi connectivity index (χ1) is 12.1. The molecule has 2 N–H and O–H groups in total. The van der Waals surface area contributed by atoms with Crippen LogP contribution in [0.15, 0.2) is 66.1 Å². The average molecular weight is 334 g/mol. The summed E-state index contributed by atoms with van der Waals surface area (Å²) in [5, 5.41) is 11.2. The lowest BCUT2D eigenvalue weighted by atomic mass is 9.82. The molecular formula is C20H12F2N2O. The number of hydrogen-bond donors (Lipinski definition) is 1. The number of halogens is 2. The number of nitriles is 1. The van der Waals surface area contributed by atoms with E-state index in [0.29, 0.717) is 11.3 Å². The number of rotatable bonds is 1. The summed E-state index contributed by atoms with van der Waals surface area (Å²) in [6.45, 7) is 0. The molecule has 0 bridgehead atoms. The lowest BCUT2D eigenvalue weighted by Gasteiger charge is -2.27. The molecule has 0 spiro atoms. The summed E-state index contributed by atoms with van der Waals surface area (Å²) in [5.74, 6) is -2.14. The first-order valence-corrected chi connectivity index (χ1v) is 7.65. The molecule has 0 amide bonds. The molecule has 5 heteroatoms. The third-order valence-corrected chi connectivity index (χ3v) is 4.40. The minimum absolute atomic E-state index is 0.00761. The summed E-state index contributed by atoms with van der Waals surface area (Å²) >= 11 is 0. The van der Waals surface area contributed by atoms with Gasteiger partial charge in [0, 0.05) is 16.5 Å². The van der Waals surface area contributed by atoms with Gasteiger partial charge in [-0.25, -0.2) is 8.78 Å². The van der Waals surface area contributed by atoms with Crippen molar-refractivity contribution in [2.45, 2.75) is 5.92 Å². The van der Waals surface area contributed by atoms with Crippen LogP contribution in [0.2, 0.25) is 0 Å². The Labute approximate surface area is 142 Å². The zero-order chi connectivity index (χ0) is 17.6. The van der Waals surface area contributed by atoms with Crippen molar-refractivity contribution in [1.29, 1.82) is 5.26 Å². The number of fused-ring (bicyclic) bond motifs is 3. The van der Waals surface area contributed by atoms with E-state index in [2.05, 4.69) is 0 Å². The van der Waals surface area contributed by atoms with Gasteiger partial charge in [-0.3, -0.25) is 0 Å². The summed E-state index contributed by atoms with van der Waals surface area (Å²) in [4.78, 5) is 0. The Morgan fingerprint density at radius 2 is 1.68 bits per heavy atom. The highest BCUT2D eigenvalue weighted by Crippen LogP contribution is 2.46. The van der Waals surface area contributed by atoms with Gasteiger partial charge in [0.05, 0.1) is 5.92 Å². The zero-order valence-corrected chi connectivity index (χ0v) is 13.0. The Hall–Kier alpha value is -3.39.